The van der Waals surface area contributed by atoms with Gasteiger partial charge in [0.1, 0.15) is 17.1 Å². The number of methoxy groups -OCH3 is 2. The fourth-order valence-corrected chi connectivity index (χ4v) is 3.27. The summed E-state index contributed by atoms with van der Waals surface area (Å²) >= 11 is 0. The van der Waals surface area contributed by atoms with Crippen molar-refractivity contribution in [1.82, 2.24) is 0 Å². The van der Waals surface area contributed by atoms with E-state index in [2.05, 4.69) is 0 Å². The molecular formula is C22H20O4. The highest BCUT2D eigenvalue weighted by Crippen LogP contribution is 2.45. The van der Waals surface area contributed by atoms with Crippen LogP contribution in [0.1, 0.15) is 27.0 Å². The molecule has 0 aromatic heterocycles. The number of hydrogen-bond donors (Lipinski definition) is 1. The SMILES string of the molecule is COc1cc(C=O)c(O)c(C(OC)(c2ccccc2)c2ccccc2)c1. The predicted molar refractivity (Wildman–Crippen MR) is 99.8 cm³/mol. The third-order valence-corrected chi connectivity index (χ3v) is 4.52. The van der Waals surface area contributed by atoms with Crippen LogP contribution in [-0.4, -0.2) is 25.6 Å². The first-order valence-electron chi connectivity index (χ1n) is 8.20. The molecule has 0 saturated carbocycles. The molecule has 0 bridgehead atoms. The van der Waals surface area contributed by atoms with E-state index in [1.54, 1.807) is 13.2 Å². The fraction of sp³-hybridized carbons (Fsp3) is 0.136. The molecule has 0 atom stereocenters. The molecule has 3 aromatic rings. The van der Waals surface area contributed by atoms with Crippen molar-refractivity contribution in [2.75, 3.05) is 14.2 Å². The van der Waals surface area contributed by atoms with Crippen LogP contribution < -0.4 is 4.74 Å². The van der Waals surface area contributed by atoms with Gasteiger partial charge in [0.2, 0.25) is 0 Å². The van der Waals surface area contributed by atoms with Crippen molar-refractivity contribution >= 4 is 6.29 Å². The summed E-state index contributed by atoms with van der Waals surface area (Å²) in [7, 11) is 3.10. The largest absolute Gasteiger partial charge is 0.507 e. The van der Waals surface area contributed by atoms with E-state index < -0.39 is 5.60 Å². The van der Waals surface area contributed by atoms with Crippen molar-refractivity contribution in [3.63, 3.8) is 0 Å². The smallest absolute Gasteiger partial charge is 0.153 e. The van der Waals surface area contributed by atoms with Crippen LogP contribution in [0.4, 0.5) is 0 Å². The first-order chi connectivity index (χ1) is 12.7. The van der Waals surface area contributed by atoms with Crippen molar-refractivity contribution in [3.05, 3.63) is 95.1 Å². The van der Waals surface area contributed by atoms with Crippen LogP contribution in [0, 0.1) is 0 Å². The van der Waals surface area contributed by atoms with Crippen LogP contribution in [0.2, 0.25) is 0 Å². The Morgan fingerprint density at radius 3 is 1.85 bits per heavy atom. The van der Waals surface area contributed by atoms with E-state index in [1.807, 2.05) is 60.7 Å². The monoisotopic (exact) mass is 348 g/mol. The molecule has 3 aromatic carbocycles. The first-order valence-corrected chi connectivity index (χ1v) is 8.20. The minimum atomic E-state index is -1.10. The Labute approximate surface area is 152 Å². The van der Waals surface area contributed by atoms with Gasteiger partial charge in [-0.1, -0.05) is 60.7 Å². The molecule has 1 N–H and O–H groups in total. The van der Waals surface area contributed by atoms with Crippen molar-refractivity contribution < 1.29 is 19.4 Å². The maximum atomic E-state index is 11.5. The summed E-state index contributed by atoms with van der Waals surface area (Å²) < 4.78 is 11.4. The van der Waals surface area contributed by atoms with Gasteiger partial charge in [0, 0.05) is 12.7 Å². The summed E-state index contributed by atoms with van der Waals surface area (Å²) in [4.78, 5) is 11.5. The maximum Gasteiger partial charge on any atom is 0.153 e. The quantitative estimate of drug-likeness (QED) is 0.537. The number of carbonyl (C=O) groups excluding carboxylic acids is 1. The maximum absolute atomic E-state index is 11.5. The zero-order valence-electron chi connectivity index (χ0n) is 14.7. The molecule has 3 rings (SSSR count). The average Bonchev–Trinajstić information content (AvgIpc) is 2.71. The number of phenolic OH excluding ortho intramolecular Hbond substituents is 1. The molecule has 0 spiro atoms. The molecule has 4 nitrogen and oxygen atoms in total. The van der Waals surface area contributed by atoms with Crippen molar-refractivity contribution in [2.24, 2.45) is 0 Å². The summed E-state index contributed by atoms with van der Waals surface area (Å²) in [5.74, 6) is 0.337. The van der Waals surface area contributed by atoms with Gasteiger partial charge in [-0.25, -0.2) is 0 Å². The fourth-order valence-electron chi connectivity index (χ4n) is 3.27. The van der Waals surface area contributed by atoms with E-state index in [9.17, 15) is 9.90 Å². The van der Waals surface area contributed by atoms with Gasteiger partial charge in [0.15, 0.2) is 6.29 Å². The van der Waals surface area contributed by atoms with E-state index in [0.717, 1.165) is 11.1 Å². The van der Waals surface area contributed by atoms with Gasteiger partial charge in [0.25, 0.3) is 0 Å². The standard InChI is InChI=1S/C22H20O4/c1-25-19-13-16(15-23)21(24)20(14-19)22(26-2,17-9-5-3-6-10-17)18-11-7-4-8-12-18/h3-15,24H,1-2H3. The topological polar surface area (TPSA) is 55.8 Å². The summed E-state index contributed by atoms with van der Waals surface area (Å²) in [5, 5.41) is 10.8. The molecule has 0 unspecified atom stereocenters. The van der Waals surface area contributed by atoms with Gasteiger partial charge in [-0.05, 0) is 23.3 Å². The van der Waals surface area contributed by atoms with Crippen LogP contribution in [0.25, 0.3) is 0 Å². The Morgan fingerprint density at radius 2 is 1.42 bits per heavy atom. The summed E-state index contributed by atoms with van der Waals surface area (Å²) in [6.07, 6.45) is 0.609. The number of aromatic hydroxyl groups is 1. The summed E-state index contributed by atoms with van der Waals surface area (Å²) in [6.45, 7) is 0. The molecule has 0 heterocycles. The van der Waals surface area contributed by atoms with E-state index in [1.165, 1.54) is 13.2 Å². The Morgan fingerprint density at radius 1 is 0.885 bits per heavy atom. The van der Waals surface area contributed by atoms with Crippen LogP contribution >= 0.6 is 0 Å². The van der Waals surface area contributed by atoms with E-state index in [4.69, 9.17) is 9.47 Å². The number of rotatable bonds is 6. The average molecular weight is 348 g/mol. The Balaban J connectivity index is 2.41. The normalized spacial score (nSPS) is 11.2. The zero-order valence-corrected chi connectivity index (χ0v) is 14.7. The van der Waals surface area contributed by atoms with Gasteiger partial charge in [0.05, 0.1) is 12.7 Å². The van der Waals surface area contributed by atoms with Gasteiger partial charge in [-0.15, -0.1) is 0 Å². The third-order valence-electron chi connectivity index (χ3n) is 4.52. The zero-order chi connectivity index (χ0) is 18.6. The lowest BCUT2D eigenvalue weighted by Gasteiger charge is -2.35. The number of aldehydes is 1. The number of carbonyl (C=O) groups is 1. The first kappa shape index (κ1) is 17.7. The van der Waals surface area contributed by atoms with E-state index in [-0.39, 0.29) is 11.3 Å². The van der Waals surface area contributed by atoms with Crippen LogP contribution in [0.3, 0.4) is 0 Å². The minimum Gasteiger partial charge on any atom is -0.507 e. The second-order valence-corrected chi connectivity index (χ2v) is 5.85. The molecule has 0 aliphatic carbocycles. The van der Waals surface area contributed by atoms with Crippen molar-refractivity contribution in [2.45, 2.75) is 5.60 Å². The highest BCUT2D eigenvalue weighted by molar-refractivity contribution is 5.82. The molecular weight excluding hydrogens is 328 g/mol. The Kier molecular flexibility index (Phi) is 5.05. The number of benzene rings is 3. The molecule has 0 aliphatic heterocycles. The lowest BCUT2D eigenvalue weighted by molar-refractivity contribution is 0.0561. The molecule has 26 heavy (non-hydrogen) atoms. The third kappa shape index (κ3) is 2.85. The molecule has 0 radical (unpaired) electrons. The van der Waals surface area contributed by atoms with Crippen LogP contribution in [0.5, 0.6) is 11.5 Å². The lowest BCUT2D eigenvalue weighted by Crippen LogP contribution is -2.32. The van der Waals surface area contributed by atoms with Gasteiger partial charge >= 0.3 is 0 Å². The highest BCUT2D eigenvalue weighted by Gasteiger charge is 2.39. The van der Waals surface area contributed by atoms with Gasteiger partial charge < -0.3 is 14.6 Å². The number of phenols is 1. The molecule has 0 amide bonds. The molecule has 0 fully saturated rings. The minimum absolute atomic E-state index is 0.129. The molecule has 4 heteroatoms. The van der Waals surface area contributed by atoms with Gasteiger partial charge in [-0.2, -0.15) is 0 Å². The molecule has 0 saturated heterocycles. The molecule has 0 aliphatic rings. The summed E-state index contributed by atoms with van der Waals surface area (Å²) in [6, 6.07) is 22.4. The number of ether oxygens (including phenoxy) is 2. The van der Waals surface area contributed by atoms with E-state index in [0.29, 0.717) is 17.6 Å². The number of hydrogen-bond acceptors (Lipinski definition) is 4. The van der Waals surface area contributed by atoms with Crippen molar-refractivity contribution in [3.8, 4) is 11.5 Å². The van der Waals surface area contributed by atoms with Crippen LogP contribution in [0.15, 0.2) is 72.8 Å². The van der Waals surface area contributed by atoms with E-state index >= 15 is 0 Å². The van der Waals surface area contributed by atoms with Crippen LogP contribution in [-0.2, 0) is 10.3 Å². The second kappa shape index (κ2) is 7.42. The predicted octanol–water partition coefficient (Wildman–Crippen LogP) is 4.15. The Hall–Kier alpha value is -3.11. The highest BCUT2D eigenvalue weighted by atomic mass is 16.5. The van der Waals surface area contributed by atoms with Crippen molar-refractivity contribution in [1.29, 1.82) is 0 Å². The summed E-state index contributed by atoms with van der Waals surface area (Å²) in [5.41, 5.74) is 1.15. The van der Waals surface area contributed by atoms with Gasteiger partial charge in [-0.3, -0.25) is 4.79 Å². The molecule has 132 valence electrons. The second-order valence-electron chi connectivity index (χ2n) is 5.85. The Bertz CT molecular complexity index is 849. The lowest BCUT2D eigenvalue weighted by atomic mass is 9.79.